The standard InChI is InChI=1S/C25H29FN4O3/c1-32-23-4-2-3-19(17-23)24-18-21(28-30(24)22-8-5-20(26)6-9-22)7-10-25(31)27-11-12-29-13-15-33-16-14-29/h2-6,8-9,17-18H,7,10-16H2,1H3,(H,27,31). The molecule has 3 aromatic rings. The number of hydrogen-bond donors (Lipinski definition) is 1. The van der Waals surface area contributed by atoms with E-state index in [0.29, 0.717) is 19.4 Å². The second-order valence-electron chi connectivity index (χ2n) is 7.95. The largest absolute Gasteiger partial charge is 0.497 e. The highest BCUT2D eigenvalue weighted by Crippen LogP contribution is 2.27. The minimum Gasteiger partial charge on any atom is -0.497 e. The molecule has 1 N–H and O–H groups in total. The van der Waals surface area contributed by atoms with Crippen molar-refractivity contribution >= 4 is 5.91 Å². The third-order valence-corrected chi connectivity index (χ3v) is 5.66. The Hall–Kier alpha value is -3.23. The monoisotopic (exact) mass is 452 g/mol. The van der Waals surface area contributed by atoms with Gasteiger partial charge >= 0.3 is 0 Å². The third-order valence-electron chi connectivity index (χ3n) is 5.66. The second kappa shape index (κ2) is 11.1. The topological polar surface area (TPSA) is 68.6 Å². The first-order valence-corrected chi connectivity index (χ1v) is 11.2. The van der Waals surface area contributed by atoms with Gasteiger partial charge in [0.1, 0.15) is 11.6 Å². The van der Waals surface area contributed by atoms with Crippen molar-refractivity contribution in [2.45, 2.75) is 12.8 Å². The zero-order valence-corrected chi connectivity index (χ0v) is 18.8. The van der Waals surface area contributed by atoms with E-state index in [0.717, 1.165) is 61.2 Å². The van der Waals surface area contributed by atoms with E-state index in [2.05, 4.69) is 10.2 Å². The Kier molecular flexibility index (Phi) is 7.70. The maximum absolute atomic E-state index is 13.5. The highest BCUT2D eigenvalue weighted by molar-refractivity contribution is 5.76. The van der Waals surface area contributed by atoms with Crippen LogP contribution in [0.3, 0.4) is 0 Å². The third kappa shape index (κ3) is 6.18. The van der Waals surface area contributed by atoms with Gasteiger partial charge in [-0.2, -0.15) is 5.10 Å². The summed E-state index contributed by atoms with van der Waals surface area (Å²) >= 11 is 0. The molecule has 33 heavy (non-hydrogen) atoms. The molecule has 1 fully saturated rings. The lowest BCUT2D eigenvalue weighted by atomic mass is 10.1. The van der Waals surface area contributed by atoms with Crippen molar-refractivity contribution in [3.05, 3.63) is 66.1 Å². The van der Waals surface area contributed by atoms with Gasteiger partial charge in [-0.25, -0.2) is 9.07 Å². The van der Waals surface area contributed by atoms with E-state index in [-0.39, 0.29) is 11.7 Å². The zero-order valence-electron chi connectivity index (χ0n) is 18.8. The van der Waals surface area contributed by atoms with Crippen LogP contribution in [-0.4, -0.2) is 67.1 Å². The summed E-state index contributed by atoms with van der Waals surface area (Å²) in [5, 5.41) is 7.71. The maximum Gasteiger partial charge on any atom is 0.220 e. The number of nitrogens with zero attached hydrogens (tertiary/aromatic N) is 3. The molecule has 1 saturated heterocycles. The lowest BCUT2D eigenvalue weighted by Gasteiger charge is -2.26. The van der Waals surface area contributed by atoms with Crippen molar-refractivity contribution in [1.82, 2.24) is 20.0 Å². The summed E-state index contributed by atoms with van der Waals surface area (Å²) in [6, 6.07) is 15.9. The first kappa shape index (κ1) is 22.9. The quantitative estimate of drug-likeness (QED) is 0.541. The Morgan fingerprint density at radius 3 is 2.70 bits per heavy atom. The number of aromatic nitrogens is 2. The summed E-state index contributed by atoms with van der Waals surface area (Å²) in [6.45, 7) is 4.76. The molecule has 7 nitrogen and oxygen atoms in total. The van der Waals surface area contributed by atoms with E-state index in [4.69, 9.17) is 14.6 Å². The lowest BCUT2D eigenvalue weighted by Crippen LogP contribution is -2.41. The van der Waals surface area contributed by atoms with Crippen LogP contribution in [0.25, 0.3) is 16.9 Å². The molecule has 0 atom stereocenters. The number of amides is 1. The van der Waals surface area contributed by atoms with Gasteiger partial charge in [0.2, 0.25) is 5.91 Å². The number of carbonyl (C=O) groups is 1. The van der Waals surface area contributed by atoms with E-state index in [9.17, 15) is 9.18 Å². The SMILES string of the molecule is COc1cccc(-c2cc(CCC(=O)NCCN3CCOCC3)nn2-c2ccc(F)cc2)c1. The van der Waals surface area contributed by atoms with Gasteiger partial charge in [0, 0.05) is 44.6 Å². The second-order valence-corrected chi connectivity index (χ2v) is 7.95. The minimum absolute atomic E-state index is 0.00234. The summed E-state index contributed by atoms with van der Waals surface area (Å²) in [4.78, 5) is 14.6. The number of hydrogen-bond acceptors (Lipinski definition) is 5. The molecule has 0 radical (unpaired) electrons. The highest BCUT2D eigenvalue weighted by Gasteiger charge is 2.15. The summed E-state index contributed by atoms with van der Waals surface area (Å²) in [6.07, 6.45) is 0.857. The molecule has 2 aromatic carbocycles. The molecule has 0 bridgehead atoms. The highest BCUT2D eigenvalue weighted by atomic mass is 19.1. The van der Waals surface area contributed by atoms with Crippen molar-refractivity contribution in [3.63, 3.8) is 0 Å². The smallest absolute Gasteiger partial charge is 0.220 e. The first-order chi connectivity index (χ1) is 16.1. The molecule has 1 amide bonds. The predicted octanol–water partition coefficient (Wildman–Crippen LogP) is 3.07. The number of halogens is 1. The van der Waals surface area contributed by atoms with Gasteiger partial charge in [-0.3, -0.25) is 9.69 Å². The fraction of sp³-hybridized carbons (Fsp3) is 0.360. The number of nitrogens with one attached hydrogen (secondary N) is 1. The zero-order chi connectivity index (χ0) is 23.0. The number of carbonyl (C=O) groups excluding carboxylic acids is 1. The number of aryl methyl sites for hydroxylation is 1. The predicted molar refractivity (Wildman–Crippen MR) is 124 cm³/mol. The maximum atomic E-state index is 13.5. The molecule has 0 aliphatic carbocycles. The van der Waals surface area contributed by atoms with E-state index >= 15 is 0 Å². The van der Waals surface area contributed by atoms with Gasteiger partial charge in [0.15, 0.2) is 0 Å². The molecular weight excluding hydrogens is 423 g/mol. The normalized spacial score (nSPS) is 14.2. The molecule has 4 rings (SSSR count). The molecule has 2 heterocycles. The van der Waals surface area contributed by atoms with Gasteiger partial charge in [0.25, 0.3) is 0 Å². The van der Waals surface area contributed by atoms with Crippen LogP contribution in [0.2, 0.25) is 0 Å². The average Bonchev–Trinajstić information content (AvgIpc) is 3.28. The van der Waals surface area contributed by atoms with Crippen LogP contribution < -0.4 is 10.1 Å². The number of rotatable bonds is 9. The lowest BCUT2D eigenvalue weighted by molar-refractivity contribution is -0.121. The van der Waals surface area contributed by atoms with E-state index in [1.165, 1.54) is 12.1 Å². The van der Waals surface area contributed by atoms with Crippen molar-refractivity contribution in [2.75, 3.05) is 46.5 Å². The van der Waals surface area contributed by atoms with Crippen LogP contribution >= 0.6 is 0 Å². The fourth-order valence-electron chi connectivity index (χ4n) is 3.83. The minimum atomic E-state index is -0.303. The number of methoxy groups -OCH3 is 1. The van der Waals surface area contributed by atoms with Crippen molar-refractivity contribution in [2.24, 2.45) is 0 Å². The molecule has 174 valence electrons. The van der Waals surface area contributed by atoms with E-state index in [1.807, 2.05) is 30.3 Å². The van der Waals surface area contributed by atoms with Crippen molar-refractivity contribution in [1.29, 1.82) is 0 Å². The molecule has 0 saturated carbocycles. The van der Waals surface area contributed by atoms with Crippen LogP contribution in [-0.2, 0) is 16.0 Å². The number of morpholine rings is 1. The van der Waals surface area contributed by atoms with Gasteiger partial charge in [-0.1, -0.05) is 12.1 Å². The fourth-order valence-corrected chi connectivity index (χ4v) is 3.83. The Bertz CT molecular complexity index is 1060. The summed E-state index contributed by atoms with van der Waals surface area (Å²) in [5.41, 5.74) is 3.31. The molecule has 8 heteroatoms. The van der Waals surface area contributed by atoms with Gasteiger partial charge < -0.3 is 14.8 Å². The summed E-state index contributed by atoms with van der Waals surface area (Å²) in [7, 11) is 1.62. The molecule has 0 spiro atoms. The summed E-state index contributed by atoms with van der Waals surface area (Å²) < 4.78 is 25.9. The number of ether oxygens (including phenoxy) is 2. The van der Waals surface area contributed by atoms with Crippen LogP contribution in [0.1, 0.15) is 12.1 Å². The van der Waals surface area contributed by atoms with Gasteiger partial charge in [-0.15, -0.1) is 0 Å². The Labute approximate surface area is 193 Å². The van der Waals surface area contributed by atoms with E-state index in [1.54, 1.807) is 23.9 Å². The van der Waals surface area contributed by atoms with Crippen molar-refractivity contribution in [3.8, 4) is 22.7 Å². The van der Waals surface area contributed by atoms with Crippen LogP contribution in [0.15, 0.2) is 54.6 Å². The summed E-state index contributed by atoms with van der Waals surface area (Å²) in [5.74, 6) is 0.436. The van der Waals surface area contributed by atoms with Crippen LogP contribution in [0.5, 0.6) is 5.75 Å². The van der Waals surface area contributed by atoms with Gasteiger partial charge in [-0.05, 0) is 42.5 Å². The molecule has 1 aliphatic heterocycles. The Morgan fingerprint density at radius 1 is 1.15 bits per heavy atom. The Morgan fingerprint density at radius 2 is 1.94 bits per heavy atom. The van der Waals surface area contributed by atoms with Gasteiger partial charge in [0.05, 0.1) is 37.4 Å². The molecule has 1 aliphatic rings. The molecule has 0 unspecified atom stereocenters. The number of benzene rings is 2. The van der Waals surface area contributed by atoms with Crippen LogP contribution in [0, 0.1) is 5.82 Å². The van der Waals surface area contributed by atoms with E-state index < -0.39 is 0 Å². The van der Waals surface area contributed by atoms with Crippen LogP contribution in [0.4, 0.5) is 4.39 Å². The first-order valence-electron chi connectivity index (χ1n) is 11.2. The molecular formula is C25H29FN4O3. The van der Waals surface area contributed by atoms with Crippen molar-refractivity contribution < 1.29 is 18.7 Å². The Balaban J connectivity index is 1.44. The average molecular weight is 453 g/mol. The molecule has 1 aromatic heterocycles.